The van der Waals surface area contributed by atoms with Crippen molar-refractivity contribution in [3.05, 3.63) is 47.7 Å². The van der Waals surface area contributed by atoms with Crippen molar-refractivity contribution in [2.75, 3.05) is 0 Å². The second-order valence-corrected chi connectivity index (χ2v) is 3.26. The molecule has 14 heavy (non-hydrogen) atoms. The average molecular weight is 206 g/mol. The van der Waals surface area contributed by atoms with E-state index in [-0.39, 0.29) is 5.75 Å². The molecule has 0 unspecified atom stereocenters. The van der Waals surface area contributed by atoms with Gasteiger partial charge in [0.25, 0.3) is 0 Å². The van der Waals surface area contributed by atoms with Crippen LogP contribution >= 0.6 is 11.6 Å². The Hall–Kier alpha value is -1.54. The summed E-state index contributed by atoms with van der Waals surface area (Å²) in [6.07, 6.45) is 3.40. The fraction of sp³-hybridized carbons (Fsp3) is 0. The highest BCUT2D eigenvalue weighted by atomic mass is 35.5. The summed E-state index contributed by atoms with van der Waals surface area (Å²) in [5, 5.41) is 9.77. The third-order valence-corrected chi connectivity index (χ3v) is 2.35. The van der Waals surface area contributed by atoms with E-state index in [1.54, 1.807) is 24.5 Å². The Bertz CT molecular complexity index is 442. The first-order valence-corrected chi connectivity index (χ1v) is 4.54. The van der Waals surface area contributed by atoms with Crippen molar-refractivity contribution >= 4 is 11.6 Å². The first kappa shape index (κ1) is 9.03. The molecule has 0 aliphatic rings. The van der Waals surface area contributed by atoms with E-state index < -0.39 is 0 Å². The maximum Gasteiger partial charge on any atom is 0.134 e. The molecule has 70 valence electrons. The number of phenolic OH excluding ortho intramolecular Hbond substituents is 1. The second-order valence-electron chi connectivity index (χ2n) is 2.88. The second kappa shape index (κ2) is 3.68. The van der Waals surface area contributed by atoms with E-state index in [0.29, 0.717) is 5.02 Å². The maximum absolute atomic E-state index is 9.41. The number of hydrogen-bond acceptors (Lipinski definition) is 2. The zero-order chi connectivity index (χ0) is 9.97. The Morgan fingerprint density at radius 1 is 1.14 bits per heavy atom. The summed E-state index contributed by atoms with van der Waals surface area (Å²) in [6.45, 7) is 0. The summed E-state index contributed by atoms with van der Waals surface area (Å²) in [6, 6.07) is 8.88. The highest BCUT2D eigenvalue weighted by molar-refractivity contribution is 6.34. The summed E-state index contributed by atoms with van der Waals surface area (Å²) in [4.78, 5) is 3.99. The SMILES string of the molecule is Oc1cccc(-c2cccnc2)c1Cl. The van der Waals surface area contributed by atoms with Crippen LogP contribution in [0.4, 0.5) is 0 Å². The van der Waals surface area contributed by atoms with Crippen LogP contribution in [0.1, 0.15) is 0 Å². The Balaban J connectivity index is 2.58. The smallest absolute Gasteiger partial charge is 0.134 e. The van der Waals surface area contributed by atoms with Crippen LogP contribution in [-0.2, 0) is 0 Å². The molecule has 0 atom stereocenters. The minimum Gasteiger partial charge on any atom is -0.506 e. The van der Waals surface area contributed by atoms with Crippen molar-refractivity contribution < 1.29 is 5.11 Å². The number of benzene rings is 1. The lowest BCUT2D eigenvalue weighted by molar-refractivity contribution is 0.476. The van der Waals surface area contributed by atoms with Crippen molar-refractivity contribution in [1.29, 1.82) is 0 Å². The molecule has 3 heteroatoms. The summed E-state index contributed by atoms with van der Waals surface area (Å²) in [7, 11) is 0. The molecular formula is C11H8ClNO. The molecule has 2 aromatic rings. The Labute approximate surface area is 86.8 Å². The van der Waals surface area contributed by atoms with E-state index in [4.69, 9.17) is 11.6 Å². The molecule has 0 saturated carbocycles. The van der Waals surface area contributed by atoms with Gasteiger partial charge in [-0.2, -0.15) is 0 Å². The van der Waals surface area contributed by atoms with Gasteiger partial charge in [0.15, 0.2) is 0 Å². The molecule has 0 bridgehead atoms. The average Bonchev–Trinajstić information content (AvgIpc) is 2.23. The predicted octanol–water partition coefficient (Wildman–Crippen LogP) is 3.11. The maximum atomic E-state index is 9.41. The van der Waals surface area contributed by atoms with Crippen LogP contribution in [0.15, 0.2) is 42.7 Å². The number of rotatable bonds is 1. The highest BCUT2D eigenvalue weighted by Crippen LogP contribution is 2.33. The minimum atomic E-state index is 0.0908. The molecule has 0 aliphatic heterocycles. The highest BCUT2D eigenvalue weighted by Gasteiger charge is 2.06. The monoisotopic (exact) mass is 205 g/mol. The molecule has 0 aliphatic carbocycles. The van der Waals surface area contributed by atoms with Gasteiger partial charge >= 0.3 is 0 Å². The van der Waals surface area contributed by atoms with Gasteiger partial charge in [-0.15, -0.1) is 0 Å². The molecule has 0 spiro atoms. The first-order valence-electron chi connectivity index (χ1n) is 4.17. The number of pyridine rings is 1. The Kier molecular flexibility index (Phi) is 2.37. The lowest BCUT2D eigenvalue weighted by Gasteiger charge is -2.04. The van der Waals surface area contributed by atoms with Crippen LogP contribution in [-0.4, -0.2) is 10.1 Å². The van der Waals surface area contributed by atoms with Crippen molar-refractivity contribution in [2.24, 2.45) is 0 Å². The van der Waals surface area contributed by atoms with Gasteiger partial charge in [-0.1, -0.05) is 29.8 Å². The van der Waals surface area contributed by atoms with Crippen LogP contribution in [0, 0.1) is 0 Å². The lowest BCUT2D eigenvalue weighted by Crippen LogP contribution is -1.80. The standard InChI is InChI=1S/C11H8ClNO/c12-11-9(4-1-5-10(11)14)8-3-2-6-13-7-8/h1-7,14H. The molecule has 1 N–H and O–H groups in total. The quantitative estimate of drug-likeness (QED) is 0.776. The van der Waals surface area contributed by atoms with Crippen LogP contribution in [0.25, 0.3) is 11.1 Å². The third kappa shape index (κ3) is 1.56. The number of aromatic hydroxyl groups is 1. The molecule has 0 fully saturated rings. The normalized spacial score (nSPS) is 10.1. The molecule has 0 saturated heterocycles. The topological polar surface area (TPSA) is 33.1 Å². The van der Waals surface area contributed by atoms with Gasteiger partial charge in [0.2, 0.25) is 0 Å². The molecule has 2 nitrogen and oxygen atoms in total. The molecular weight excluding hydrogens is 198 g/mol. The van der Waals surface area contributed by atoms with Gasteiger partial charge in [-0.25, -0.2) is 0 Å². The van der Waals surface area contributed by atoms with E-state index in [9.17, 15) is 5.11 Å². The van der Waals surface area contributed by atoms with Gasteiger partial charge in [0.05, 0.1) is 5.02 Å². The van der Waals surface area contributed by atoms with E-state index in [0.717, 1.165) is 11.1 Å². The molecule has 0 radical (unpaired) electrons. The van der Waals surface area contributed by atoms with Gasteiger partial charge in [0.1, 0.15) is 5.75 Å². The number of halogens is 1. The first-order chi connectivity index (χ1) is 6.79. The Morgan fingerprint density at radius 2 is 2.00 bits per heavy atom. The molecule has 0 amide bonds. The van der Waals surface area contributed by atoms with E-state index >= 15 is 0 Å². The van der Waals surface area contributed by atoms with Gasteiger partial charge < -0.3 is 5.11 Å². The van der Waals surface area contributed by atoms with Crippen molar-refractivity contribution in [3.63, 3.8) is 0 Å². The number of phenols is 1. The third-order valence-electron chi connectivity index (χ3n) is 1.95. The van der Waals surface area contributed by atoms with Crippen molar-refractivity contribution in [3.8, 4) is 16.9 Å². The summed E-state index contributed by atoms with van der Waals surface area (Å²) < 4.78 is 0. The van der Waals surface area contributed by atoms with Gasteiger partial charge in [-0.05, 0) is 12.1 Å². The summed E-state index contributed by atoms with van der Waals surface area (Å²) in [5.41, 5.74) is 1.69. The van der Waals surface area contributed by atoms with Crippen LogP contribution in [0.3, 0.4) is 0 Å². The minimum absolute atomic E-state index is 0.0908. The van der Waals surface area contributed by atoms with E-state index in [1.165, 1.54) is 0 Å². The van der Waals surface area contributed by atoms with Crippen LogP contribution in [0.5, 0.6) is 5.75 Å². The molecule has 1 aromatic carbocycles. The van der Waals surface area contributed by atoms with Crippen LogP contribution < -0.4 is 0 Å². The molecule has 2 rings (SSSR count). The fourth-order valence-corrected chi connectivity index (χ4v) is 1.50. The van der Waals surface area contributed by atoms with Gasteiger partial charge in [0, 0.05) is 23.5 Å². The number of nitrogens with zero attached hydrogens (tertiary/aromatic N) is 1. The molecule has 1 aromatic heterocycles. The van der Waals surface area contributed by atoms with Crippen LogP contribution in [0.2, 0.25) is 5.02 Å². The fourth-order valence-electron chi connectivity index (χ4n) is 1.26. The number of hydrogen-bond donors (Lipinski definition) is 1. The zero-order valence-electron chi connectivity index (χ0n) is 7.31. The zero-order valence-corrected chi connectivity index (χ0v) is 8.07. The van der Waals surface area contributed by atoms with Crippen molar-refractivity contribution in [1.82, 2.24) is 4.98 Å². The predicted molar refractivity (Wildman–Crippen MR) is 56.3 cm³/mol. The lowest BCUT2D eigenvalue weighted by atomic mass is 10.1. The van der Waals surface area contributed by atoms with Crippen molar-refractivity contribution in [2.45, 2.75) is 0 Å². The van der Waals surface area contributed by atoms with E-state index in [1.807, 2.05) is 18.2 Å². The van der Waals surface area contributed by atoms with Gasteiger partial charge in [-0.3, -0.25) is 4.98 Å². The number of aromatic nitrogens is 1. The summed E-state index contributed by atoms with van der Waals surface area (Å²) >= 11 is 5.95. The molecule has 1 heterocycles. The van der Waals surface area contributed by atoms with E-state index in [2.05, 4.69) is 4.98 Å². The summed E-state index contributed by atoms with van der Waals surface area (Å²) in [5.74, 6) is 0.0908. The Morgan fingerprint density at radius 3 is 2.71 bits per heavy atom. The largest absolute Gasteiger partial charge is 0.506 e.